The van der Waals surface area contributed by atoms with Crippen LogP contribution in [0.15, 0.2) is 30.5 Å². The van der Waals surface area contributed by atoms with Crippen molar-refractivity contribution in [3.05, 3.63) is 30.5 Å². The number of carbonyl (C=O) groups excluding carboxylic acids is 1. The summed E-state index contributed by atoms with van der Waals surface area (Å²) in [6.07, 6.45) is 1.20. The first kappa shape index (κ1) is 14.7. The summed E-state index contributed by atoms with van der Waals surface area (Å²) in [4.78, 5) is 17.6. The van der Waals surface area contributed by atoms with Gasteiger partial charge in [0, 0.05) is 30.6 Å². The van der Waals surface area contributed by atoms with Crippen molar-refractivity contribution >= 4 is 32.7 Å². The number of rotatable bonds is 3. The van der Waals surface area contributed by atoms with Crippen LogP contribution in [0.5, 0.6) is 5.75 Å². The van der Waals surface area contributed by atoms with Gasteiger partial charge in [0.25, 0.3) is 0 Å². The van der Waals surface area contributed by atoms with E-state index in [0.717, 1.165) is 5.39 Å². The van der Waals surface area contributed by atoms with Gasteiger partial charge in [-0.05, 0) is 12.1 Å². The molecule has 1 atom stereocenters. The average Bonchev–Trinajstić information content (AvgIpc) is 2.88. The summed E-state index contributed by atoms with van der Waals surface area (Å²) in [6, 6.07) is 6.90. The SMILES string of the molecule is COc1cc(N2CC(S(=O)(=O)F)CC2=O)c2ncccc2c1. The molecule has 3 rings (SSSR count). The van der Waals surface area contributed by atoms with Crippen molar-refractivity contribution in [3.63, 3.8) is 0 Å². The van der Waals surface area contributed by atoms with Gasteiger partial charge in [0.1, 0.15) is 11.0 Å². The molecule has 8 heteroatoms. The monoisotopic (exact) mass is 324 g/mol. The topological polar surface area (TPSA) is 76.6 Å². The molecule has 0 bridgehead atoms. The van der Waals surface area contributed by atoms with Crippen molar-refractivity contribution in [3.8, 4) is 5.75 Å². The first-order chi connectivity index (χ1) is 10.4. The molecule has 22 heavy (non-hydrogen) atoms. The molecule has 1 amide bonds. The van der Waals surface area contributed by atoms with Gasteiger partial charge in [-0.25, -0.2) is 0 Å². The third kappa shape index (κ3) is 2.50. The van der Waals surface area contributed by atoms with Gasteiger partial charge >= 0.3 is 10.2 Å². The number of hydrogen-bond acceptors (Lipinski definition) is 5. The summed E-state index contributed by atoms with van der Waals surface area (Å²) in [5.74, 6) is 0.0567. The molecule has 0 spiro atoms. The van der Waals surface area contributed by atoms with Crippen LogP contribution in [0, 0.1) is 0 Å². The molecular weight excluding hydrogens is 311 g/mol. The molecule has 1 aliphatic heterocycles. The number of benzene rings is 1. The van der Waals surface area contributed by atoms with E-state index in [9.17, 15) is 17.1 Å². The molecule has 1 aromatic heterocycles. The van der Waals surface area contributed by atoms with Gasteiger partial charge < -0.3 is 9.64 Å². The first-order valence-corrected chi connectivity index (χ1v) is 8.01. The van der Waals surface area contributed by atoms with Gasteiger partial charge in [-0.1, -0.05) is 6.07 Å². The number of carbonyl (C=O) groups is 1. The predicted molar refractivity (Wildman–Crippen MR) is 79.1 cm³/mol. The summed E-state index contributed by atoms with van der Waals surface area (Å²) in [7, 11) is -3.27. The van der Waals surface area contributed by atoms with Gasteiger partial charge in [-0.3, -0.25) is 9.78 Å². The Bertz CT molecular complexity index is 853. The maximum atomic E-state index is 13.2. The van der Waals surface area contributed by atoms with Gasteiger partial charge in [-0.15, -0.1) is 3.89 Å². The van der Waals surface area contributed by atoms with Crippen molar-refractivity contribution in [2.24, 2.45) is 0 Å². The fourth-order valence-electron chi connectivity index (χ4n) is 2.57. The Morgan fingerprint density at radius 1 is 1.41 bits per heavy atom. The average molecular weight is 324 g/mol. The lowest BCUT2D eigenvalue weighted by molar-refractivity contribution is -0.117. The number of aromatic nitrogens is 1. The van der Waals surface area contributed by atoms with Crippen molar-refractivity contribution in [1.29, 1.82) is 0 Å². The third-order valence-corrected chi connectivity index (χ3v) is 4.78. The van der Waals surface area contributed by atoms with Crippen LogP contribution in [-0.2, 0) is 15.0 Å². The van der Waals surface area contributed by atoms with Gasteiger partial charge in [0.15, 0.2) is 0 Å². The number of ether oxygens (including phenoxy) is 1. The fraction of sp³-hybridized carbons (Fsp3) is 0.286. The predicted octanol–water partition coefficient (Wildman–Crippen LogP) is 1.65. The molecule has 1 unspecified atom stereocenters. The highest BCUT2D eigenvalue weighted by molar-refractivity contribution is 7.87. The summed E-state index contributed by atoms with van der Waals surface area (Å²) >= 11 is 0. The lowest BCUT2D eigenvalue weighted by Gasteiger charge is -2.18. The van der Waals surface area contributed by atoms with Gasteiger partial charge in [0.2, 0.25) is 5.91 Å². The molecule has 0 saturated carbocycles. The minimum atomic E-state index is -4.76. The number of anilines is 1. The molecular formula is C14H13FN2O4S. The summed E-state index contributed by atoms with van der Waals surface area (Å²) < 4.78 is 40.5. The summed E-state index contributed by atoms with van der Waals surface area (Å²) in [5, 5.41) is -0.596. The number of fused-ring (bicyclic) bond motifs is 1. The largest absolute Gasteiger partial charge is 0.497 e. The van der Waals surface area contributed by atoms with Crippen LogP contribution in [0.3, 0.4) is 0 Å². The molecule has 2 heterocycles. The Morgan fingerprint density at radius 2 is 2.18 bits per heavy atom. The zero-order valence-electron chi connectivity index (χ0n) is 11.7. The second kappa shape index (κ2) is 5.20. The quantitative estimate of drug-likeness (QED) is 0.802. The van der Waals surface area contributed by atoms with E-state index in [2.05, 4.69) is 4.98 Å². The van der Waals surface area contributed by atoms with Crippen molar-refractivity contribution in [2.45, 2.75) is 11.7 Å². The maximum absolute atomic E-state index is 13.2. The van der Waals surface area contributed by atoms with E-state index < -0.39 is 21.4 Å². The van der Waals surface area contributed by atoms with E-state index in [1.807, 2.05) is 0 Å². The van der Waals surface area contributed by atoms with Crippen LogP contribution in [-0.4, -0.2) is 38.2 Å². The Morgan fingerprint density at radius 3 is 2.82 bits per heavy atom. The highest BCUT2D eigenvalue weighted by Crippen LogP contribution is 2.34. The third-order valence-electron chi connectivity index (χ3n) is 3.67. The summed E-state index contributed by atoms with van der Waals surface area (Å²) in [6.45, 7) is -0.226. The second-order valence-electron chi connectivity index (χ2n) is 5.03. The molecule has 0 aliphatic carbocycles. The van der Waals surface area contributed by atoms with E-state index in [1.165, 1.54) is 12.0 Å². The number of pyridine rings is 1. The fourth-order valence-corrected chi connectivity index (χ4v) is 3.23. The number of amides is 1. The standard InChI is InChI=1S/C14H13FN2O4S/c1-21-10-5-9-3-2-4-16-14(9)12(6-10)17-8-11(7-13(17)18)22(15,19)20/h2-6,11H,7-8H2,1H3. The van der Waals surface area contributed by atoms with E-state index in [-0.39, 0.29) is 13.0 Å². The number of halogens is 1. The molecule has 1 fully saturated rings. The molecule has 1 aromatic carbocycles. The molecule has 0 radical (unpaired) electrons. The minimum absolute atomic E-state index is 0.226. The number of nitrogens with zero attached hydrogens (tertiary/aromatic N) is 2. The summed E-state index contributed by atoms with van der Waals surface area (Å²) in [5.41, 5.74) is 0.958. The maximum Gasteiger partial charge on any atom is 0.307 e. The van der Waals surface area contributed by atoms with E-state index in [1.54, 1.807) is 30.5 Å². The zero-order chi connectivity index (χ0) is 15.9. The van der Waals surface area contributed by atoms with Crippen molar-refractivity contribution in [2.75, 3.05) is 18.6 Å². The second-order valence-corrected chi connectivity index (χ2v) is 6.65. The zero-order valence-corrected chi connectivity index (χ0v) is 12.5. The van der Waals surface area contributed by atoms with E-state index in [4.69, 9.17) is 4.74 Å². The highest BCUT2D eigenvalue weighted by Gasteiger charge is 2.39. The normalized spacial score (nSPS) is 18.9. The lowest BCUT2D eigenvalue weighted by atomic mass is 10.1. The smallest absolute Gasteiger partial charge is 0.307 e. The van der Waals surface area contributed by atoms with E-state index in [0.29, 0.717) is 17.0 Å². The molecule has 2 aromatic rings. The van der Waals surface area contributed by atoms with Crippen LogP contribution in [0.2, 0.25) is 0 Å². The Labute approximate surface area is 126 Å². The van der Waals surface area contributed by atoms with Crippen molar-refractivity contribution < 1.29 is 21.8 Å². The lowest BCUT2D eigenvalue weighted by Crippen LogP contribution is -2.27. The Kier molecular flexibility index (Phi) is 3.48. The Balaban J connectivity index is 2.12. The molecule has 1 saturated heterocycles. The van der Waals surface area contributed by atoms with Gasteiger partial charge in [-0.2, -0.15) is 8.42 Å². The highest BCUT2D eigenvalue weighted by atomic mass is 32.3. The van der Waals surface area contributed by atoms with Crippen LogP contribution in [0.25, 0.3) is 10.9 Å². The number of hydrogen-bond donors (Lipinski definition) is 0. The Hall–Kier alpha value is -2.22. The molecule has 6 nitrogen and oxygen atoms in total. The molecule has 116 valence electrons. The van der Waals surface area contributed by atoms with Crippen LogP contribution in [0.1, 0.15) is 6.42 Å². The first-order valence-electron chi connectivity index (χ1n) is 6.57. The van der Waals surface area contributed by atoms with Gasteiger partial charge in [0.05, 0.1) is 18.3 Å². The van der Waals surface area contributed by atoms with Crippen LogP contribution in [0.4, 0.5) is 9.57 Å². The minimum Gasteiger partial charge on any atom is -0.497 e. The number of methoxy groups -OCH3 is 1. The molecule has 0 N–H and O–H groups in total. The van der Waals surface area contributed by atoms with Crippen LogP contribution < -0.4 is 9.64 Å². The van der Waals surface area contributed by atoms with Crippen molar-refractivity contribution in [1.82, 2.24) is 4.98 Å². The molecule has 1 aliphatic rings. The van der Waals surface area contributed by atoms with Crippen LogP contribution >= 0.6 is 0 Å². The van der Waals surface area contributed by atoms with E-state index >= 15 is 0 Å².